The third-order valence-corrected chi connectivity index (χ3v) is 6.38. The first-order valence-electron chi connectivity index (χ1n) is 11.5. The molecule has 4 heterocycles. The Bertz CT molecular complexity index is 1390. The van der Waals surface area contributed by atoms with Crippen molar-refractivity contribution < 1.29 is 22.4 Å². The van der Waals surface area contributed by atoms with Crippen molar-refractivity contribution in [3.05, 3.63) is 82.7 Å². The lowest BCUT2D eigenvalue weighted by Gasteiger charge is -2.32. The second kappa shape index (κ2) is 8.89. The molecule has 0 saturated heterocycles. The maximum atomic E-state index is 13.9. The van der Waals surface area contributed by atoms with Crippen LogP contribution in [-0.4, -0.2) is 31.6 Å². The number of hydrogen-bond acceptors (Lipinski definition) is 5. The van der Waals surface area contributed by atoms with E-state index in [9.17, 15) is 18.0 Å². The lowest BCUT2D eigenvalue weighted by atomic mass is 10.0. The van der Waals surface area contributed by atoms with E-state index in [1.807, 2.05) is 38.1 Å². The predicted octanol–water partition coefficient (Wildman–Crippen LogP) is 5.56. The van der Waals surface area contributed by atoms with Crippen molar-refractivity contribution >= 4 is 17.4 Å². The largest absolute Gasteiger partial charge is 0.467 e. The summed E-state index contributed by atoms with van der Waals surface area (Å²) in [6.07, 6.45) is -3.45. The molecule has 0 radical (unpaired) electrons. The molecule has 188 valence electrons. The highest BCUT2D eigenvalue weighted by atomic mass is 19.4. The summed E-state index contributed by atoms with van der Waals surface area (Å²) in [5.74, 6) is -0.135. The Hall–Kier alpha value is -4.02. The van der Waals surface area contributed by atoms with Gasteiger partial charge in [0.25, 0.3) is 5.91 Å². The molecule has 0 saturated carbocycles. The smallest absolute Gasteiger partial charge is 0.410 e. The Morgan fingerprint density at radius 1 is 1.17 bits per heavy atom. The van der Waals surface area contributed by atoms with Gasteiger partial charge in [-0.2, -0.15) is 23.4 Å². The van der Waals surface area contributed by atoms with E-state index in [2.05, 4.69) is 20.8 Å². The number of aromatic nitrogens is 4. The fourth-order valence-electron chi connectivity index (χ4n) is 4.44. The maximum Gasteiger partial charge on any atom is 0.410 e. The summed E-state index contributed by atoms with van der Waals surface area (Å²) in [5, 5.41) is 14.3. The number of benzene rings is 1. The van der Waals surface area contributed by atoms with Gasteiger partial charge in [-0.3, -0.25) is 9.48 Å². The summed E-state index contributed by atoms with van der Waals surface area (Å²) in [6, 6.07) is 10.0. The molecule has 2 atom stereocenters. The van der Waals surface area contributed by atoms with E-state index in [1.54, 1.807) is 23.7 Å². The topological polar surface area (TPSA) is 89.9 Å². The van der Waals surface area contributed by atoms with Crippen LogP contribution in [0.2, 0.25) is 0 Å². The minimum absolute atomic E-state index is 0.0960. The number of halogens is 3. The van der Waals surface area contributed by atoms with E-state index in [0.717, 1.165) is 21.5 Å². The van der Waals surface area contributed by atoms with Crippen LogP contribution in [0.3, 0.4) is 0 Å². The van der Waals surface area contributed by atoms with Crippen molar-refractivity contribution in [1.82, 2.24) is 19.6 Å². The summed E-state index contributed by atoms with van der Waals surface area (Å²) in [4.78, 5) is 13.1. The second-order valence-electron chi connectivity index (χ2n) is 9.01. The number of aryl methyl sites for hydroxylation is 2. The zero-order chi connectivity index (χ0) is 25.6. The molecule has 1 aliphatic rings. The number of amides is 1. The number of fused-ring (bicyclic) bond motifs is 1. The van der Waals surface area contributed by atoms with Gasteiger partial charge in [-0.1, -0.05) is 29.8 Å². The molecular weight excluding hydrogens is 473 g/mol. The molecule has 0 aliphatic carbocycles. The van der Waals surface area contributed by atoms with Crippen LogP contribution in [0.1, 0.15) is 57.3 Å². The average Bonchev–Trinajstić information content (AvgIpc) is 3.56. The average molecular weight is 499 g/mol. The van der Waals surface area contributed by atoms with Crippen LogP contribution < -0.4 is 10.6 Å². The molecule has 0 fully saturated rings. The SMILES string of the molecule is Cc1ccc(Cn2nc(C)c(NC(=O)c3cc4n(n3)C(C(F)(F)F)CC(c3ccco3)N4)c2C)cc1. The summed E-state index contributed by atoms with van der Waals surface area (Å²) in [5.41, 5.74) is 3.92. The van der Waals surface area contributed by atoms with Gasteiger partial charge in [0.1, 0.15) is 11.6 Å². The number of hydrogen-bond donors (Lipinski definition) is 2. The van der Waals surface area contributed by atoms with Gasteiger partial charge in [0.05, 0.1) is 35.9 Å². The predicted molar refractivity (Wildman–Crippen MR) is 127 cm³/mol. The number of anilines is 2. The highest BCUT2D eigenvalue weighted by molar-refractivity contribution is 6.04. The molecule has 8 nitrogen and oxygen atoms in total. The molecule has 0 bridgehead atoms. The van der Waals surface area contributed by atoms with E-state index in [0.29, 0.717) is 23.7 Å². The minimum Gasteiger partial charge on any atom is -0.467 e. The highest BCUT2D eigenvalue weighted by Gasteiger charge is 2.47. The molecule has 36 heavy (non-hydrogen) atoms. The molecule has 11 heteroatoms. The van der Waals surface area contributed by atoms with Gasteiger partial charge in [-0.05, 0) is 38.5 Å². The summed E-state index contributed by atoms with van der Waals surface area (Å²) < 4.78 is 49.5. The first-order chi connectivity index (χ1) is 17.1. The third-order valence-electron chi connectivity index (χ3n) is 6.38. The summed E-state index contributed by atoms with van der Waals surface area (Å²) in [7, 11) is 0. The van der Waals surface area contributed by atoms with Crippen molar-refractivity contribution in [2.45, 2.75) is 52.0 Å². The van der Waals surface area contributed by atoms with Crippen molar-refractivity contribution in [3.63, 3.8) is 0 Å². The van der Waals surface area contributed by atoms with Gasteiger partial charge in [0, 0.05) is 12.5 Å². The zero-order valence-corrected chi connectivity index (χ0v) is 19.9. The van der Waals surface area contributed by atoms with Gasteiger partial charge in [0.15, 0.2) is 11.7 Å². The molecule has 3 aromatic heterocycles. The minimum atomic E-state index is -4.55. The number of carbonyl (C=O) groups is 1. The second-order valence-corrected chi connectivity index (χ2v) is 9.01. The molecule has 5 rings (SSSR count). The molecule has 1 aliphatic heterocycles. The first kappa shape index (κ1) is 23.7. The van der Waals surface area contributed by atoms with Crippen LogP contribution >= 0.6 is 0 Å². The van der Waals surface area contributed by atoms with Crippen LogP contribution in [-0.2, 0) is 6.54 Å². The Balaban J connectivity index is 1.39. The van der Waals surface area contributed by atoms with E-state index < -0.39 is 24.2 Å². The first-order valence-corrected chi connectivity index (χ1v) is 11.5. The number of rotatable bonds is 5. The molecule has 2 unspecified atom stereocenters. The Kier molecular flexibility index (Phi) is 5.85. The molecule has 2 N–H and O–H groups in total. The van der Waals surface area contributed by atoms with Crippen LogP contribution in [0.5, 0.6) is 0 Å². The molecular formula is C25H25F3N6O2. The van der Waals surface area contributed by atoms with Gasteiger partial charge < -0.3 is 15.1 Å². The fourth-order valence-corrected chi connectivity index (χ4v) is 4.44. The van der Waals surface area contributed by atoms with Gasteiger partial charge in [-0.25, -0.2) is 4.68 Å². The Labute approximate surface area is 205 Å². The Morgan fingerprint density at radius 3 is 2.58 bits per heavy atom. The monoisotopic (exact) mass is 498 g/mol. The number of furan rings is 1. The number of carbonyl (C=O) groups excluding carboxylic acids is 1. The van der Waals surface area contributed by atoms with Crippen molar-refractivity contribution in [2.24, 2.45) is 0 Å². The fraction of sp³-hybridized carbons (Fsp3) is 0.320. The Morgan fingerprint density at radius 2 is 1.92 bits per heavy atom. The molecule has 1 amide bonds. The van der Waals surface area contributed by atoms with Crippen LogP contribution in [0, 0.1) is 20.8 Å². The van der Waals surface area contributed by atoms with Crippen LogP contribution in [0.4, 0.5) is 24.7 Å². The highest BCUT2D eigenvalue weighted by Crippen LogP contribution is 2.43. The lowest BCUT2D eigenvalue weighted by Crippen LogP contribution is -2.35. The molecule has 0 spiro atoms. The van der Waals surface area contributed by atoms with Crippen molar-refractivity contribution in [3.8, 4) is 0 Å². The number of alkyl halides is 3. The van der Waals surface area contributed by atoms with Gasteiger partial charge in [0.2, 0.25) is 0 Å². The number of nitrogens with one attached hydrogen (secondary N) is 2. The maximum absolute atomic E-state index is 13.9. The van der Waals surface area contributed by atoms with Crippen molar-refractivity contribution in [2.75, 3.05) is 10.6 Å². The third kappa shape index (κ3) is 4.48. The van der Waals surface area contributed by atoms with Gasteiger partial charge >= 0.3 is 6.18 Å². The van der Waals surface area contributed by atoms with Crippen LogP contribution in [0.15, 0.2) is 53.1 Å². The van der Waals surface area contributed by atoms with Crippen LogP contribution in [0.25, 0.3) is 0 Å². The molecule has 4 aromatic rings. The van der Waals surface area contributed by atoms with Gasteiger partial charge in [-0.15, -0.1) is 0 Å². The van der Waals surface area contributed by atoms with E-state index >= 15 is 0 Å². The van der Waals surface area contributed by atoms with Crippen molar-refractivity contribution in [1.29, 1.82) is 0 Å². The van der Waals surface area contributed by atoms with E-state index in [1.165, 1.54) is 12.3 Å². The normalized spacial score (nSPS) is 17.5. The summed E-state index contributed by atoms with van der Waals surface area (Å²) in [6.45, 7) is 6.13. The zero-order valence-electron chi connectivity index (χ0n) is 19.9. The number of nitrogens with zero attached hydrogens (tertiary/aromatic N) is 4. The van der Waals surface area contributed by atoms with E-state index in [-0.39, 0.29) is 17.9 Å². The van der Waals surface area contributed by atoms with E-state index in [4.69, 9.17) is 4.42 Å². The standard InChI is InChI=1S/C25H25F3N6O2/c1-14-6-8-17(9-7-14)13-33-16(3)23(15(2)31-33)30-24(35)19-12-22-29-18(20-5-4-10-36-20)11-21(25(26,27)28)34(22)32-19/h4-10,12,18,21,29H,11,13H2,1-3H3,(H,30,35). The quantitative estimate of drug-likeness (QED) is 0.376. The molecule has 1 aromatic carbocycles. The lowest BCUT2D eigenvalue weighted by molar-refractivity contribution is -0.174. The summed E-state index contributed by atoms with van der Waals surface area (Å²) >= 11 is 0.